The quantitative estimate of drug-likeness (QED) is 0.457. The average Bonchev–Trinajstić information content (AvgIpc) is 1.68. The highest BCUT2D eigenvalue weighted by Crippen LogP contribution is 2.01. The molecule has 0 aliphatic heterocycles. The van der Waals surface area contributed by atoms with E-state index in [1.165, 1.54) is 5.57 Å². The lowest BCUT2D eigenvalue weighted by molar-refractivity contribution is 1.13. The number of rotatable bonds is 3. The Hall–Kier alpha value is -0.0400. The number of hydrogen-bond acceptors (Lipinski definition) is 0. The van der Waals surface area contributed by atoms with Crippen LogP contribution in [-0.2, 0) is 0 Å². The third-order valence-electron chi connectivity index (χ3n) is 0.891. The van der Waals surface area contributed by atoms with Gasteiger partial charge in [0, 0.05) is 5.33 Å². The van der Waals surface area contributed by atoms with Crippen LogP contribution < -0.4 is 0 Å². The van der Waals surface area contributed by atoms with Crippen LogP contribution in [0.4, 0.5) is 0 Å². The van der Waals surface area contributed by atoms with Gasteiger partial charge in [-0.3, -0.25) is 0 Å². The van der Waals surface area contributed by atoms with Crippen LogP contribution in [0.5, 0.6) is 0 Å². The first kappa shape index (κ1) is 7.96. The van der Waals surface area contributed by atoms with Gasteiger partial charge in [-0.05, 0) is 13.3 Å². The topological polar surface area (TPSA) is 0 Å². The van der Waals surface area contributed by atoms with Gasteiger partial charge in [-0.2, -0.15) is 0 Å². The molecule has 46 valence electrons. The Morgan fingerprint density at radius 3 is 2.75 bits per heavy atom. The number of allylic oxidation sites excluding steroid dienone is 3. The monoisotopic (exact) mass is 174 g/mol. The second-order valence-electron chi connectivity index (χ2n) is 1.69. The molecule has 0 aromatic rings. The molecule has 0 radical (unpaired) electrons. The van der Waals surface area contributed by atoms with Crippen LogP contribution in [0.2, 0.25) is 0 Å². The Morgan fingerprint density at radius 1 is 1.75 bits per heavy atom. The molecule has 0 amide bonds. The van der Waals surface area contributed by atoms with Gasteiger partial charge in [-0.15, -0.1) is 0 Å². The Bertz CT molecular complexity index is 92.6. The van der Waals surface area contributed by atoms with Crippen LogP contribution in [0.3, 0.4) is 0 Å². The van der Waals surface area contributed by atoms with Gasteiger partial charge in [0.2, 0.25) is 0 Å². The first-order valence-corrected chi connectivity index (χ1v) is 3.77. The Balaban J connectivity index is 3.44. The summed E-state index contributed by atoms with van der Waals surface area (Å²) in [4.78, 5) is 0. The van der Waals surface area contributed by atoms with Crippen LogP contribution >= 0.6 is 15.9 Å². The van der Waals surface area contributed by atoms with E-state index in [2.05, 4.69) is 29.4 Å². The molecule has 0 aliphatic carbocycles. The van der Waals surface area contributed by atoms with Crippen molar-refractivity contribution in [2.45, 2.75) is 13.3 Å². The van der Waals surface area contributed by atoms with E-state index in [1.54, 1.807) is 0 Å². The fraction of sp³-hybridized carbons (Fsp3) is 0.429. The Labute approximate surface area is 59.4 Å². The predicted octanol–water partition coefficient (Wildman–Crippen LogP) is 2.90. The molecule has 0 heterocycles. The van der Waals surface area contributed by atoms with E-state index >= 15 is 0 Å². The number of hydrogen-bond donors (Lipinski definition) is 0. The minimum Gasteiger partial charge on any atom is -0.0991 e. The number of alkyl halides is 1. The van der Waals surface area contributed by atoms with Crippen molar-refractivity contribution in [1.82, 2.24) is 0 Å². The fourth-order valence-electron chi connectivity index (χ4n) is 0.434. The molecule has 0 bridgehead atoms. The minimum absolute atomic E-state index is 1.04. The zero-order valence-corrected chi connectivity index (χ0v) is 6.74. The molecular formula is C7H11Br. The summed E-state index contributed by atoms with van der Waals surface area (Å²) >= 11 is 3.34. The van der Waals surface area contributed by atoms with Crippen molar-refractivity contribution < 1.29 is 0 Å². The third-order valence-corrected chi connectivity index (χ3v) is 1.29. The van der Waals surface area contributed by atoms with Crippen LogP contribution in [-0.4, -0.2) is 5.33 Å². The molecule has 0 aromatic carbocycles. The summed E-state index contributed by atoms with van der Waals surface area (Å²) in [7, 11) is 0. The van der Waals surface area contributed by atoms with E-state index in [0.717, 1.165) is 11.8 Å². The molecule has 0 N–H and O–H groups in total. The zero-order valence-electron chi connectivity index (χ0n) is 5.15. The molecule has 0 saturated heterocycles. The second kappa shape index (κ2) is 5.10. The minimum atomic E-state index is 1.04. The molecule has 0 saturated carbocycles. The van der Waals surface area contributed by atoms with Crippen molar-refractivity contribution in [3.05, 3.63) is 24.3 Å². The first-order chi connectivity index (χ1) is 3.81. The van der Waals surface area contributed by atoms with E-state index < -0.39 is 0 Å². The molecule has 0 spiro atoms. The average molecular weight is 175 g/mol. The molecule has 0 aliphatic rings. The predicted molar refractivity (Wildman–Crippen MR) is 42.4 cm³/mol. The molecule has 0 rings (SSSR count). The van der Waals surface area contributed by atoms with Crippen LogP contribution in [0.1, 0.15) is 13.3 Å². The van der Waals surface area contributed by atoms with Gasteiger partial charge in [0.05, 0.1) is 0 Å². The largest absolute Gasteiger partial charge is 0.0991 e. The van der Waals surface area contributed by atoms with Gasteiger partial charge in [-0.1, -0.05) is 40.2 Å². The van der Waals surface area contributed by atoms with Gasteiger partial charge < -0.3 is 0 Å². The van der Waals surface area contributed by atoms with Gasteiger partial charge >= 0.3 is 0 Å². The number of halogens is 1. The standard InChI is InChI=1S/C7H11Br/c1-3-4-7(2)5-6-8/h3-4H,1,5-6H2,2H3. The Morgan fingerprint density at radius 2 is 2.38 bits per heavy atom. The second-order valence-corrected chi connectivity index (χ2v) is 2.48. The van der Waals surface area contributed by atoms with Crippen molar-refractivity contribution in [1.29, 1.82) is 0 Å². The van der Waals surface area contributed by atoms with Gasteiger partial charge in [-0.25, -0.2) is 0 Å². The van der Waals surface area contributed by atoms with Gasteiger partial charge in [0.1, 0.15) is 0 Å². The van der Waals surface area contributed by atoms with E-state index in [4.69, 9.17) is 0 Å². The molecule has 8 heavy (non-hydrogen) atoms. The zero-order chi connectivity index (χ0) is 6.41. The highest BCUT2D eigenvalue weighted by molar-refractivity contribution is 9.09. The third kappa shape index (κ3) is 4.13. The molecule has 0 unspecified atom stereocenters. The van der Waals surface area contributed by atoms with Crippen molar-refractivity contribution in [2.24, 2.45) is 0 Å². The first-order valence-electron chi connectivity index (χ1n) is 2.65. The van der Waals surface area contributed by atoms with E-state index in [-0.39, 0.29) is 0 Å². The van der Waals surface area contributed by atoms with E-state index in [9.17, 15) is 0 Å². The molecule has 0 nitrogen and oxygen atoms in total. The van der Waals surface area contributed by atoms with Crippen LogP contribution in [0.25, 0.3) is 0 Å². The Kier molecular flexibility index (Phi) is 5.08. The summed E-state index contributed by atoms with van der Waals surface area (Å²) in [5.41, 5.74) is 1.37. The fourth-order valence-corrected chi connectivity index (χ4v) is 1.06. The van der Waals surface area contributed by atoms with Crippen LogP contribution in [0, 0.1) is 0 Å². The lowest BCUT2D eigenvalue weighted by atomic mass is 10.2. The lowest BCUT2D eigenvalue weighted by Gasteiger charge is -1.90. The summed E-state index contributed by atoms with van der Waals surface area (Å²) in [6, 6.07) is 0. The van der Waals surface area contributed by atoms with Crippen LogP contribution in [0.15, 0.2) is 24.3 Å². The smallest absolute Gasteiger partial charge is 0.00685 e. The van der Waals surface area contributed by atoms with E-state index in [0.29, 0.717) is 0 Å². The SMILES string of the molecule is C=CC=C(C)CCBr. The maximum Gasteiger partial charge on any atom is 0.00685 e. The summed E-state index contributed by atoms with van der Waals surface area (Å²) in [5.74, 6) is 0. The molecule has 0 fully saturated rings. The van der Waals surface area contributed by atoms with E-state index in [1.807, 2.05) is 12.2 Å². The van der Waals surface area contributed by atoms with Gasteiger partial charge in [0.15, 0.2) is 0 Å². The normalized spacial score (nSPS) is 11.5. The lowest BCUT2D eigenvalue weighted by Crippen LogP contribution is -1.74. The molecular weight excluding hydrogens is 164 g/mol. The summed E-state index contributed by atoms with van der Waals surface area (Å²) in [5, 5.41) is 1.04. The summed E-state index contributed by atoms with van der Waals surface area (Å²) in [6.45, 7) is 5.69. The highest BCUT2D eigenvalue weighted by Gasteiger charge is 1.82. The van der Waals surface area contributed by atoms with Crippen molar-refractivity contribution in [3.8, 4) is 0 Å². The van der Waals surface area contributed by atoms with Crippen molar-refractivity contribution in [3.63, 3.8) is 0 Å². The highest BCUT2D eigenvalue weighted by atomic mass is 79.9. The maximum absolute atomic E-state index is 3.59. The molecule has 0 aromatic heterocycles. The summed E-state index contributed by atoms with van der Waals surface area (Å²) < 4.78 is 0. The summed E-state index contributed by atoms with van der Waals surface area (Å²) in [6.07, 6.45) is 4.96. The van der Waals surface area contributed by atoms with Crippen molar-refractivity contribution in [2.75, 3.05) is 5.33 Å². The van der Waals surface area contributed by atoms with Gasteiger partial charge in [0.25, 0.3) is 0 Å². The molecule has 1 heteroatoms. The van der Waals surface area contributed by atoms with Crippen molar-refractivity contribution >= 4 is 15.9 Å². The maximum atomic E-state index is 3.59. The molecule has 0 atom stereocenters.